The molecule has 0 fully saturated rings. The van der Waals surface area contributed by atoms with E-state index in [1.807, 2.05) is 13.0 Å². The van der Waals surface area contributed by atoms with Gasteiger partial charge in [0, 0.05) is 12.3 Å². The van der Waals surface area contributed by atoms with Gasteiger partial charge < -0.3 is 14.0 Å². The molecule has 0 aromatic carbocycles. The van der Waals surface area contributed by atoms with Crippen molar-refractivity contribution in [3.63, 3.8) is 0 Å². The van der Waals surface area contributed by atoms with Crippen molar-refractivity contribution in [2.24, 2.45) is 5.92 Å². The Labute approximate surface area is 245 Å². The third kappa shape index (κ3) is 8.43. The molecular formula is C25H33KO7S. The molecule has 3 aliphatic rings. The van der Waals surface area contributed by atoms with Gasteiger partial charge in [-0.15, -0.1) is 0 Å². The van der Waals surface area contributed by atoms with E-state index in [0.29, 0.717) is 17.6 Å². The van der Waals surface area contributed by atoms with E-state index >= 15 is 0 Å². The summed E-state index contributed by atoms with van der Waals surface area (Å²) < 4.78 is 50.6. The number of fused-ring (bicyclic) bond motifs is 1. The van der Waals surface area contributed by atoms with Crippen LogP contribution in [0, 0.1) is 5.92 Å². The first-order chi connectivity index (χ1) is 15.4. The zero-order valence-electron chi connectivity index (χ0n) is 20.9. The topological polar surface area (TPSA) is 102 Å². The maximum Gasteiger partial charge on any atom is 1.00 e. The summed E-state index contributed by atoms with van der Waals surface area (Å²) in [5, 5.41) is 0. The molecule has 1 spiro atoms. The molecule has 0 saturated heterocycles. The number of allylic oxidation sites excluding steroid dienone is 4. The van der Waals surface area contributed by atoms with Crippen LogP contribution in [0.5, 0.6) is 0 Å². The molecule has 7 nitrogen and oxygen atoms in total. The maximum atomic E-state index is 12.3. The molecule has 0 aromatic rings. The van der Waals surface area contributed by atoms with Gasteiger partial charge in [-0.2, -0.15) is 0 Å². The van der Waals surface area contributed by atoms with Gasteiger partial charge in [-0.05, 0) is 83.3 Å². The number of ketones is 1. The monoisotopic (exact) mass is 516 g/mol. The Hall–Kier alpha value is -0.204. The number of hydrogen-bond donors (Lipinski definition) is 0. The quantitative estimate of drug-likeness (QED) is 0.218. The van der Waals surface area contributed by atoms with E-state index in [4.69, 9.17) is 9.47 Å². The number of ether oxygens (including phenoxy) is 2. The summed E-state index contributed by atoms with van der Waals surface area (Å²) in [5.74, 6) is -1.68. The fourth-order valence-corrected chi connectivity index (χ4v) is 4.82. The predicted molar refractivity (Wildman–Crippen MR) is 124 cm³/mol. The van der Waals surface area contributed by atoms with Crippen molar-refractivity contribution in [3.8, 4) is 0 Å². The Morgan fingerprint density at radius 3 is 2.56 bits per heavy atom. The Kier molecular flexibility index (Phi) is 10.9. The molecule has 0 saturated carbocycles. The molecule has 0 N–H and O–H groups in total. The van der Waals surface area contributed by atoms with Crippen LogP contribution >= 0.6 is 0 Å². The average molecular weight is 517 g/mol. The van der Waals surface area contributed by atoms with Gasteiger partial charge in [0.1, 0.15) is 0 Å². The minimum Gasteiger partial charge on any atom is -0.726 e. The van der Waals surface area contributed by atoms with Crippen LogP contribution in [0.15, 0.2) is 58.2 Å². The maximum absolute atomic E-state index is 12.3. The van der Waals surface area contributed by atoms with Crippen LogP contribution in [0.1, 0.15) is 60.3 Å². The van der Waals surface area contributed by atoms with E-state index in [0.717, 1.165) is 18.4 Å². The van der Waals surface area contributed by atoms with Crippen molar-refractivity contribution >= 4 is 16.2 Å². The Morgan fingerprint density at radius 2 is 1.91 bits per heavy atom. The van der Waals surface area contributed by atoms with Gasteiger partial charge in [-0.1, -0.05) is 28.9 Å². The molecular weight excluding hydrogens is 483 g/mol. The largest absolute Gasteiger partial charge is 1.00 e. The molecule has 3 rings (SSSR count). The molecule has 9 heteroatoms. The third-order valence-electron chi connectivity index (χ3n) is 6.08. The number of carbonyl (C=O) groups is 1. The molecule has 182 valence electrons. The minimum atomic E-state index is -4.88. The van der Waals surface area contributed by atoms with Gasteiger partial charge in [0.2, 0.25) is 16.2 Å². The second-order valence-electron chi connectivity index (χ2n) is 9.46. The molecule has 2 heterocycles. The summed E-state index contributed by atoms with van der Waals surface area (Å²) in [6, 6.07) is 0. The summed E-state index contributed by atoms with van der Waals surface area (Å²) in [4.78, 5) is 12.3. The molecule has 0 bridgehead atoms. The Balaban J connectivity index is 0.00000408. The first-order valence-electron chi connectivity index (χ1n) is 11.2. The Bertz CT molecular complexity index is 1050. The predicted octanol–water partition coefficient (Wildman–Crippen LogP) is 1.45. The standard InChI is InChI=1S/C25H34O7S.K/c1-16(2)7-6-8-17(3)9-21-10-18(4)13-25(31-21)14-20(15-30-33(27,28)29)22-12-23(26)19(5)11-24(22)32-25;/h7,9,11,13-14,21-22,24H,6,8,10,12,15H2,1-5H3,(H,27,28,29);/q;+1/p-1/b17-9+;/t21-,22-,24-,25+;/m1./s1. The molecule has 4 atom stereocenters. The van der Waals surface area contributed by atoms with Crippen LogP contribution in [-0.2, 0) is 28.9 Å². The van der Waals surface area contributed by atoms with Crippen LogP contribution in [0.2, 0.25) is 0 Å². The van der Waals surface area contributed by atoms with Crippen molar-refractivity contribution in [1.82, 2.24) is 0 Å². The third-order valence-corrected chi connectivity index (χ3v) is 6.48. The molecule has 34 heavy (non-hydrogen) atoms. The van der Waals surface area contributed by atoms with Crippen LogP contribution in [-0.4, -0.2) is 43.4 Å². The van der Waals surface area contributed by atoms with Gasteiger partial charge >= 0.3 is 51.4 Å². The molecule has 2 aliphatic heterocycles. The molecule has 0 unspecified atom stereocenters. The fourth-order valence-electron chi connectivity index (χ4n) is 4.54. The van der Waals surface area contributed by atoms with E-state index in [2.05, 4.69) is 37.1 Å². The van der Waals surface area contributed by atoms with Crippen molar-refractivity contribution in [1.29, 1.82) is 0 Å². The summed E-state index contributed by atoms with van der Waals surface area (Å²) in [7, 11) is -4.88. The first kappa shape index (κ1) is 30.0. The van der Waals surface area contributed by atoms with Gasteiger partial charge in [0.05, 0.1) is 18.8 Å². The second kappa shape index (κ2) is 12.4. The van der Waals surface area contributed by atoms with E-state index in [1.54, 1.807) is 19.1 Å². The number of hydrogen-bond acceptors (Lipinski definition) is 7. The zero-order chi connectivity index (χ0) is 24.4. The smallest absolute Gasteiger partial charge is 0.726 e. The minimum absolute atomic E-state index is 0. The van der Waals surface area contributed by atoms with Crippen LogP contribution in [0.3, 0.4) is 0 Å². The van der Waals surface area contributed by atoms with Crippen LogP contribution in [0.25, 0.3) is 0 Å². The van der Waals surface area contributed by atoms with Crippen LogP contribution in [0.4, 0.5) is 0 Å². The molecule has 0 radical (unpaired) electrons. The summed E-state index contributed by atoms with van der Waals surface area (Å²) in [5.41, 5.74) is 4.66. The number of Topliss-reactive ketones (excluding diaryl/α,β-unsaturated/α-hetero) is 1. The van der Waals surface area contributed by atoms with E-state index in [9.17, 15) is 17.8 Å². The molecule has 0 amide bonds. The van der Waals surface area contributed by atoms with Crippen molar-refractivity contribution in [3.05, 3.63) is 58.2 Å². The van der Waals surface area contributed by atoms with Gasteiger partial charge in [0.15, 0.2) is 5.78 Å². The molecule has 1 aliphatic carbocycles. The zero-order valence-corrected chi connectivity index (χ0v) is 24.9. The molecule has 0 aromatic heterocycles. The number of carbonyl (C=O) groups excluding carboxylic acids is 1. The van der Waals surface area contributed by atoms with E-state index in [-0.39, 0.29) is 69.7 Å². The van der Waals surface area contributed by atoms with Gasteiger partial charge in [-0.25, -0.2) is 8.42 Å². The van der Waals surface area contributed by atoms with Gasteiger partial charge in [-0.3, -0.25) is 8.98 Å². The van der Waals surface area contributed by atoms with Crippen molar-refractivity contribution < 1.29 is 82.8 Å². The average Bonchev–Trinajstić information content (AvgIpc) is 2.66. The summed E-state index contributed by atoms with van der Waals surface area (Å²) in [6.45, 7) is 9.53. The SMILES string of the molecule is CC(C)=CCC/C(C)=C/[C@@H]1CC(C)=C[C@]2(C=C(COS(=O)(=O)[O-])[C@H]3CC(=O)C(C)=C[C@H]3O2)O1.[K+]. The Morgan fingerprint density at radius 1 is 1.21 bits per heavy atom. The summed E-state index contributed by atoms with van der Waals surface area (Å²) >= 11 is 0. The summed E-state index contributed by atoms with van der Waals surface area (Å²) in [6.07, 6.45) is 11.6. The number of rotatable bonds is 7. The van der Waals surface area contributed by atoms with Crippen LogP contribution < -0.4 is 51.4 Å². The van der Waals surface area contributed by atoms with Crippen molar-refractivity contribution in [2.75, 3.05) is 6.61 Å². The fraction of sp³-hybridized carbons (Fsp3) is 0.560. The second-order valence-corrected chi connectivity index (χ2v) is 10.5. The normalized spacial score (nSPS) is 29.5. The first-order valence-corrected chi connectivity index (χ1v) is 12.6. The van der Waals surface area contributed by atoms with E-state index < -0.39 is 34.8 Å². The van der Waals surface area contributed by atoms with E-state index in [1.165, 1.54) is 11.1 Å². The van der Waals surface area contributed by atoms with Gasteiger partial charge in [0.25, 0.3) is 0 Å². The van der Waals surface area contributed by atoms with Crippen molar-refractivity contribution in [2.45, 2.75) is 78.3 Å².